The van der Waals surface area contributed by atoms with Crippen LogP contribution in [0.2, 0.25) is 0 Å². The molecule has 0 aliphatic heterocycles. The highest BCUT2D eigenvalue weighted by molar-refractivity contribution is 5.76. The molecule has 110 valence electrons. The van der Waals surface area contributed by atoms with Gasteiger partial charge in [0, 0.05) is 39.6 Å². The Labute approximate surface area is 119 Å². The summed E-state index contributed by atoms with van der Waals surface area (Å²) in [7, 11) is 3.43. The molecule has 2 rings (SSSR count). The number of nitrogens with zero attached hydrogens (tertiary/aromatic N) is 1. The monoisotopic (exact) mass is 279 g/mol. The number of hydrogen-bond acceptors (Lipinski definition) is 3. The van der Waals surface area contributed by atoms with Gasteiger partial charge in [0.2, 0.25) is 5.91 Å². The Morgan fingerprint density at radius 2 is 2.20 bits per heavy atom. The van der Waals surface area contributed by atoms with Gasteiger partial charge in [0.25, 0.3) is 0 Å². The van der Waals surface area contributed by atoms with Crippen LogP contribution in [0.1, 0.15) is 24.8 Å². The molecule has 1 amide bonds. The van der Waals surface area contributed by atoms with Gasteiger partial charge >= 0.3 is 0 Å². The lowest BCUT2D eigenvalue weighted by Crippen LogP contribution is -2.28. The van der Waals surface area contributed by atoms with Gasteiger partial charge in [0.15, 0.2) is 0 Å². The molecule has 1 aromatic rings. The third kappa shape index (κ3) is 3.93. The second kappa shape index (κ2) is 6.70. The summed E-state index contributed by atoms with van der Waals surface area (Å²) in [6, 6.07) is 5.72. The maximum absolute atomic E-state index is 14.1. The van der Waals surface area contributed by atoms with E-state index in [2.05, 4.69) is 10.6 Å². The summed E-state index contributed by atoms with van der Waals surface area (Å²) in [4.78, 5) is 13.1. The molecule has 0 radical (unpaired) electrons. The van der Waals surface area contributed by atoms with Crippen molar-refractivity contribution < 1.29 is 9.18 Å². The molecule has 2 N–H and O–H groups in total. The van der Waals surface area contributed by atoms with Gasteiger partial charge in [0.1, 0.15) is 5.82 Å². The SMILES string of the molecule is CNC(=O)CCN(C)c1c(F)cccc1CNC1CC1. The number of carbonyl (C=O) groups is 1. The Balaban J connectivity index is 2.04. The van der Waals surface area contributed by atoms with Crippen LogP contribution in [0.3, 0.4) is 0 Å². The molecule has 1 aromatic carbocycles. The van der Waals surface area contributed by atoms with E-state index in [1.807, 2.05) is 18.0 Å². The first-order chi connectivity index (χ1) is 9.61. The molecule has 0 spiro atoms. The quantitative estimate of drug-likeness (QED) is 0.797. The molecule has 1 aliphatic rings. The fourth-order valence-electron chi connectivity index (χ4n) is 2.18. The highest BCUT2D eigenvalue weighted by Crippen LogP contribution is 2.25. The van der Waals surface area contributed by atoms with Gasteiger partial charge in [0.05, 0.1) is 5.69 Å². The molecule has 20 heavy (non-hydrogen) atoms. The first kappa shape index (κ1) is 14.8. The number of halogens is 1. The van der Waals surface area contributed by atoms with Gasteiger partial charge in [-0.1, -0.05) is 12.1 Å². The molecular formula is C15H22FN3O. The molecule has 0 heterocycles. The number of anilines is 1. The van der Waals surface area contributed by atoms with Crippen molar-refractivity contribution in [2.75, 3.05) is 25.5 Å². The van der Waals surface area contributed by atoms with E-state index < -0.39 is 0 Å². The van der Waals surface area contributed by atoms with Crippen LogP contribution < -0.4 is 15.5 Å². The third-order valence-electron chi connectivity index (χ3n) is 3.56. The Hall–Kier alpha value is -1.62. The normalized spacial score (nSPS) is 14.2. The number of carbonyl (C=O) groups excluding carboxylic acids is 1. The van der Waals surface area contributed by atoms with E-state index in [0.717, 1.165) is 5.56 Å². The lowest BCUT2D eigenvalue weighted by atomic mass is 10.1. The summed E-state index contributed by atoms with van der Waals surface area (Å²) in [6.07, 6.45) is 2.77. The molecule has 1 fully saturated rings. The summed E-state index contributed by atoms with van der Waals surface area (Å²) in [6.45, 7) is 1.17. The summed E-state index contributed by atoms with van der Waals surface area (Å²) < 4.78 is 14.1. The van der Waals surface area contributed by atoms with Crippen molar-refractivity contribution in [1.82, 2.24) is 10.6 Å². The number of nitrogens with one attached hydrogen (secondary N) is 2. The van der Waals surface area contributed by atoms with Gasteiger partial charge in [-0.05, 0) is 24.5 Å². The second-order valence-corrected chi connectivity index (χ2v) is 5.25. The van der Waals surface area contributed by atoms with E-state index in [4.69, 9.17) is 0 Å². The zero-order chi connectivity index (χ0) is 14.5. The van der Waals surface area contributed by atoms with Crippen LogP contribution in [0.5, 0.6) is 0 Å². The van der Waals surface area contributed by atoms with Gasteiger partial charge in [-0.25, -0.2) is 4.39 Å². The lowest BCUT2D eigenvalue weighted by molar-refractivity contribution is -0.120. The largest absolute Gasteiger partial charge is 0.371 e. The smallest absolute Gasteiger partial charge is 0.221 e. The molecule has 0 atom stereocenters. The topological polar surface area (TPSA) is 44.4 Å². The first-order valence-electron chi connectivity index (χ1n) is 7.04. The van der Waals surface area contributed by atoms with Crippen LogP contribution >= 0.6 is 0 Å². The molecule has 1 saturated carbocycles. The molecule has 0 bridgehead atoms. The Bertz CT molecular complexity index is 474. The molecule has 4 nitrogen and oxygen atoms in total. The molecular weight excluding hydrogens is 257 g/mol. The summed E-state index contributed by atoms with van der Waals surface area (Å²) in [5, 5.41) is 5.98. The van der Waals surface area contributed by atoms with Gasteiger partial charge in [-0.2, -0.15) is 0 Å². The van der Waals surface area contributed by atoms with E-state index >= 15 is 0 Å². The van der Waals surface area contributed by atoms with E-state index in [1.54, 1.807) is 13.1 Å². The van der Waals surface area contributed by atoms with Gasteiger partial charge in [-0.3, -0.25) is 4.79 Å². The number of hydrogen-bond donors (Lipinski definition) is 2. The fourth-order valence-corrected chi connectivity index (χ4v) is 2.18. The van der Waals surface area contributed by atoms with Crippen LogP contribution in [-0.4, -0.2) is 32.6 Å². The van der Waals surface area contributed by atoms with E-state index in [-0.39, 0.29) is 11.7 Å². The molecule has 0 saturated heterocycles. The maximum atomic E-state index is 14.1. The van der Waals surface area contributed by atoms with E-state index in [9.17, 15) is 9.18 Å². The molecule has 0 aromatic heterocycles. The first-order valence-corrected chi connectivity index (χ1v) is 7.04. The number of benzene rings is 1. The van der Waals surface area contributed by atoms with E-state index in [0.29, 0.717) is 31.2 Å². The molecule has 1 aliphatic carbocycles. The summed E-state index contributed by atoms with van der Waals surface area (Å²) in [5.41, 5.74) is 1.53. The minimum absolute atomic E-state index is 0.0363. The van der Waals surface area contributed by atoms with Crippen molar-refractivity contribution in [2.24, 2.45) is 0 Å². The van der Waals surface area contributed by atoms with Crippen LogP contribution in [0.25, 0.3) is 0 Å². The zero-order valence-electron chi connectivity index (χ0n) is 12.1. The maximum Gasteiger partial charge on any atom is 0.221 e. The van der Waals surface area contributed by atoms with Crippen molar-refractivity contribution in [3.8, 4) is 0 Å². The summed E-state index contributed by atoms with van der Waals surface area (Å²) >= 11 is 0. The standard InChI is InChI=1S/C15H22FN3O/c1-17-14(20)8-9-19(2)15-11(4-3-5-13(15)16)10-18-12-6-7-12/h3-5,12,18H,6-10H2,1-2H3,(H,17,20). The Morgan fingerprint density at radius 3 is 2.85 bits per heavy atom. The average molecular weight is 279 g/mol. The summed E-state index contributed by atoms with van der Waals surface area (Å²) in [5.74, 6) is -0.273. The molecule has 0 unspecified atom stereocenters. The number of amides is 1. The minimum Gasteiger partial charge on any atom is -0.371 e. The van der Waals surface area contributed by atoms with Gasteiger partial charge in [-0.15, -0.1) is 0 Å². The fraction of sp³-hybridized carbons (Fsp3) is 0.533. The number of rotatable bonds is 7. The number of para-hydroxylation sites is 1. The Kier molecular flexibility index (Phi) is 4.95. The minimum atomic E-state index is -0.237. The lowest BCUT2D eigenvalue weighted by Gasteiger charge is -2.23. The van der Waals surface area contributed by atoms with Crippen molar-refractivity contribution in [3.63, 3.8) is 0 Å². The van der Waals surface area contributed by atoms with Crippen LogP contribution in [0.15, 0.2) is 18.2 Å². The third-order valence-corrected chi connectivity index (χ3v) is 3.56. The highest BCUT2D eigenvalue weighted by Gasteiger charge is 2.21. The zero-order valence-corrected chi connectivity index (χ0v) is 12.1. The predicted molar refractivity (Wildman–Crippen MR) is 78.2 cm³/mol. The van der Waals surface area contributed by atoms with Crippen molar-refractivity contribution in [2.45, 2.75) is 31.8 Å². The van der Waals surface area contributed by atoms with Crippen LogP contribution in [0, 0.1) is 5.82 Å². The highest BCUT2D eigenvalue weighted by atomic mass is 19.1. The van der Waals surface area contributed by atoms with E-state index in [1.165, 1.54) is 18.9 Å². The predicted octanol–water partition coefficient (Wildman–Crippen LogP) is 1.65. The van der Waals surface area contributed by atoms with Crippen molar-refractivity contribution in [1.29, 1.82) is 0 Å². The Morgan fingerprint density at radius 1 is 1.45 bits per heavy atom. The average Bonchev–Trinajstić information content (AvgIpc) is 3.26. The second-order valence-electron chi connectivity index (χ2n) is 5.25. The van der Waals surface area contributed by atoms with Crippen molar-refractivity contribution >= 4 is 11.6 Å². The molecule has 5 heteroatoms. The van der Waals surface area contributed by atoms with Crippen LogP contribution in [-0.2, 0) is 11.3 Å². The van der Waals surface area contributed by atoms with Crippen LogP contribution in [0.4, 0.5) is 10.1 Å². The van der Waals surface area contributed by atoms with Gasteiger partial charge < -0.3 is 15.5 Å². The van der Waals surface area contributed by atoms with Crippen molar-refractivity contribution in [3.05, 3.63) is 29.6 Å².